The molecule has 0 aliphatic carbocycles. The Bertz CT molecular complexity index is 556. The number of carboxylic acid groups (broad SMARTS) is 1. The molecule has 2 heterocycles. The molecule has 1 atom stereocenters. The summed E-state index contributed by atoms with van der Waals surface area (Å²) in [5.74, 6) is -0.870. The number of benzene rings is 1. The number of carbonyl (C=O) groups excluding carboxylic acids is 1. The summed E-state index contributed by atoms with van der Waals surface area (Å²) in [5.41, 5.74) is 1.93. The van der Waals surface area contributed by atoms with Gasteiger partial charge in [-0.3, -0.25) is 4.79 Å². The molecule has 1 aromatic rings. The Morgan fingerprint density at radius 3 is 2.89 bits per heavy atom. The van der Waals surface area contributed by atoms with Crippen molar-refractivity contribution in [1.82, 2.24) is 0 Å². The average Bonchev–Trinajstić information content (AvgIpc) is 2.88. The largest absolute Gasteiger partial charge is 0.478 e. The standard InChI is InChI=1S/C14H16N2O3/c1-2-15-12-8-9(14(18)19)5-6-10(12)16-7-3-4-11(16)13(15)17/h5-6,8,11H,2-4,7H2,1H3,(H,18,19). The van der Waals surface area contributed by atoms with Gasteiger partial charge in [0.15, 0.2) is 0 Å². The maximum atomic E-state index is 12.4. The second-order valence-electron chi connectivity index (χ2n) is 4.94. The van der Waals surface area contributed by atoms with Crippen LogP contribution in [0.4, 0.5) is 11.4 Å². The molecule has 1 aromatic carbocycles. The van der Waals surface area contributed by atoms with E-state index in [9.17, 15) is 9.59 Å². The number of aromatic carboxylic acids is 1. The molecule has 2 aliphatic rings. The number of anilines is 2. The molecular formula is C14H16N2O3. The molecule has 0 radical (unpaired) electrons. The van der Waals surface area contributed by atoms with Crippen molar-refractivity contribution in [1.29, 1.82) is 0 Å². The Hall–Kier alpha value is -2.04. The first-order valence-corrected chi connectivity index (χ1v) is 6.59. The fourth-order valence-electron chi connectivity index (χ4n) is 3.05. The van der Waals surface area contributed by atoms with E-state index in [4.69, 9.17) is 5.11 Å². The van der Waals surface area contributed by atoms with E-state index in [2.05, 4.69) is 4.90 Å². The maximum absolute atomic E-state index is 12.4. The van der Waals surface area contributed by atoms with Gasteiger partial charge >= 0.3 is 5.97 Å². The molecule has 0 bridgehead atoms. The SMILES string of the molecule is CCN1C(=O)C2CCCN2c2ccc(C(=O)O)cc21. The molecule has 5 nitrogen and oxygen atoms in total. The van der Waals surface area contributed by atoms with Crippen LogP contribution in [0.3, 0.4) is 0 Å². The van der Waals surface area contributed by atoms with Crippen molar-refractivity contribution in [3.05, 3.63) is 23.8 Å². The Kier molecular flexibility index (Phi) is 2.69. The minimum atomic E-state index is -0.963. The minimum Gasteiger partial charge on any atom is -0.478 e. The van der Waals surface area contributed by atoms with Gasteiger partial charge in [0.05, 0.1) is 16.9 Å². The maximum Gasteiger partial charge on any atom is 0.335 e. The summed E-state index contributed by atoms with van der Waals surface area (Å²) in [5, 5.41) is 9.08. The highest BCUT2D eigenvalue weighted by molar-refractivity contribution is 6.07. The van der Waals surface area contributed by atoms with Crippen molar-refractivity contribution in [2.24, 2.45) is 0 Å². The predicted octanol–water partition coefficient (Wildman–Crippen LogP) is 1.72. The first-order chi connectivity index (χ1) is 9.13. The van der Waals surface area contributed by atoms with E-state index in [0.717, 1.165) is 30.8 Å². The van der Waals surface area contributed by atoms with Gasteiger partial charge in [-0.15, -0.1) is 0 Å². The molecule has 0 spiro atoms. The fraction of sp³-hybridized carbons (Fsp3) is 0.429. The van der Waals surface area contributed by atoms with Crippen LogP contribution in [0.25, 0.3) is 0 Å². The van der Waals surface area contributed by atoms with Crippen molar-refractivity contribution in [3.8, 4) is 0 Å². The summed E-state index contributed by atoms with van der Waals surface area (Å²) in [6, 6.07) is 4.98. The van der Waals surface area contributed by atoms with Crippen molar-refractivity contribution >= 4 is 23.3 Å². The van der Waals surface area contributed by atoms with Gasteiger partial charge in [0.2, 0.25) is 5.91 Å². The predicted molar refractivity (Wildman–Crippen MR) is 71.8 cm³/mol. The van der Waals surface area contributed by atoms with Crippen molar-refractivity contribution in [2.45, 2.75) is 25.8 Å². The number of rotatable bonds is 2. The molecule has 1 unspecified atom stereocenters. The van der Waals surface area contributed by atoms with Crippen LogP contribution in [0.15, 0.2) is 18.2 Å². The van der Waals surface area contributed by atoms with Crippen molar-refractivity contribution < 1.29 is 14.7 Å². The summed E-state index contributed by atoms with van der Waals surface area (Å²) in [4.78, 5) is 27.3. The second kappa shape index (κ2) is 4.26. The summed E-state index contributed by atoms with van der Waals surface area (Å²) < 4.78 is 0. The zero-order valence-corrected chi connectivity index (χ0v) is 10.8. The van der Waals surface area contributed by atoms with Crippen LogP contribution in [0.2, 0.25) is 0 Å². The lowest BCUT2D eigenvalue weighted by Gasteiger charge is -2.39. The number of nitrogens with zero attached hydrogens (tertiary/aromatic N) is 2. The lowest BCUT2D eigenvalue weighted by atomic mass is 10.0. The second-order valence-corrected chi connectivity index (χ2v) is 4.94. The average molecular weight is 260 g/mol. The van der Waals surface area contributed by atoms with E-state index in [1.165, 1.54) is 0 Å². The number of likely N-dealkylation sites (N-methyl/N-ethyl adjacent to an activating group) is 1. The summed E-state index contributed by atoms with van der Waals surface area (Å²) in [6.45, 7) is 3.35. The first kappa shape index (κ1) is 12.0. The third kappa shape index (κ3) is 1.69. The van der Waals surface area contributed by atoms with E-state index < -0.39 is 5.97 Å². The van der Waals surface area contributed by atoms with Gasteiger partial charge in [0.25, 0.3) is 0 Å². The molecule has 5 heteroatoms. The van der Waals surface area contributed by atoms with Gasteiger partial charge in [-0.2, -0.15) is 0 Å². The molecule has 0 saturated carbocycles. The zero-order valence-electron chi connectivity index (χ0n) is 10.8. The highest BCUT2D eigenvalue weighted by atomic mass is 16.4. The molecule has 3 rings (SSSR count). The molecule has 2 aliphatic heterocycles. The fourth-order valence-corrected chi connectivity index (χ4v) is 3.05. The van der Waals surface area contributed by atoms with Crippen LogP contribution in [-0.4, -0.2) is 36.1 Å². The van der Waals surface area contributed by atoms with E-state index in [0.29, 0.717) is 6.54 Å². The van der Waals surface area contributed by atoms with Crippen molar-refractivity contribution in [3.63, 3.8) is 0 Å². The highest BCUT2D eigenvalue weighted by Crippen LogP contribution is 2.40. The Morgan fingerprint density at radius 2 is 2.21 bits per heavy atom. The number of carbonyl (C=O) groups is 2. The molecule has 0 aromatic heterocycles. The highest BCUT2D eigenvalue weighted by Gasteiger charge is 2.40. The van der Waals surface area contributed by atoms with E-state index in [1.807, 2.05) is 13.0 Å². The smallest absolute Gasteiger partial charge is 0.335 e. The number of amides is 1. The van der Waals surface area contributed by atoms with Gasteiger partial charge in [-0.05, 0) is 38.0 Å². The lowest BCUT2D eigenvalue weighted by molar-refractivity contribution is -0.119. The molecular weight excluding hydrogens is 244 g/mol. The van der Waals surface area contributed by atoms with E-state index >= 15 is 0 Å². The summed E-state index contributed by atoms with van der Waals surface area (Å²) >= 11 is 0. The Morgan fingerprint density at radius 1 is 1.42 bits per heavy atom. The van der Waals surface area contributed by atoms with Gasteiger partial charge in [-0.1, -0.05) is 0 Å². The molecule has 1 saturated heterocycles. The zero-order chi connectivity index (χ0) is 13.6. The van der Waals surface area contributed by atoms with Crippen LogP contribution in [0.5, 0.6) is 0 Å². The number of hydrogen-bond donors (Lipinski definition) is 1. The van der Waals surface area contributed by atoms with Crippen molar-refractivity contribution in [2.75, 3.05) is 22.9 Å². The molecule has 1 fully saturated rings. The van der Waals surface area contributed by atoms with Gasteiger partial charge in [0, 0.05) is 13.1 Å². The minimum absolute atomic E-state index is 0.0665. The summed E-state index contributed by atoms with van der Waals surface area (Å²) in [7, 11) is 0. The molecule has 1 amide bonds. The van der Waals surface area contributed by atoms with Crippen LogP contribution in [-0.2, 0) is 4.79 Å². The quantitative estimate of drug-likeness (QED) is 0.879. The van der Waals surface area contributed by atoms with Gasteiger partial charge < -0.3 is 14.9 Å². The first-order valence-electron chi connectivity index (χ1n) is 6.59. The van der Waals surface area contributed by atoms with Gasteiger partial charge in [-0.25, -0.2) is 4.79 Å². The Labute approximate surface area is 111 Å². The van der Waals surface area contributed by atoms with E-state index in [1.54, 1.807) is 17.0 Å². The molecule has 100 valence electrons. The van der Waals surface area contributed by atoms with Crippen LogP contribution >= 0.6 is 0 Å². The number of fused-ring (bicyclic) bond motifs is 3. The Balaban J connectivity index is 2.14. The van der Waals surface area contributed by atoms with Crippen LogP contribution in [0, 0.1) is 0 Å². The third-order valence-electron chi connectivity index (χ3n) is 3.94. The molecule has 19 heavy (non-hydrogen) atoms. The summed E-state index contributed by atoms with van der Waals surface area (Å²) in [6.07, 6.45) is 1.89. The topological polar surface area (TPSA) is 60.9 Å². The third-order valence-corrected chi connectivity index (χ3v) is 3.94. The van der Waals surface area contributed by atoms with Crippen LogP contribution in [0.1, 0.15) is 30.1 Å². The van der Waals surface area contributed by atoms with Gasteiger partial charge in [0.1, 0.15) is 6.04 Å². The van der Waals surface area contributed by atoms with E-state index in [-0.39, 0.29) is 17.5 Å². The number of carboxylic acids is 1. The van der Waals surface area contributed by atoms with Crippen LogP contribution < -0.4 is 9.80 Å². The number of hydrogen-bond acceptors (Lipinski definition) is 3. The molecule has 1 N–H and O–H groups in total. The normalized spacial score (nSPS) is 21.3. The lowest BCUT2D eigenvalue weighted by Crippen LogP contribution is -2.50. The monoisotopic (exact) mass is 260 g/mol.